The lowest BCUT2D eigenvalue weighted by Crippen LogP contribution is -3.15. The summed E-state index contributed by atoms with van der Waals surface area (Å²) >= 11 is 6.09. The Morgan fingerprint density at radius 1 is 1.11 bits per heavy atom. The van der Waals surface area contributed by atoms with Crippen molar-refractivity contribution in [2.45, 2.75) is 18.7 Å². The van der Waals surface area contributed by atoms with Gasteiger partial charge in [-0.15, -0.1) is 0 Å². The molecule has 0 aromatic heterocycles. The maximum atomic E-state index is 12.8. The first-order chi connectivity index (χ1) is 13.3. The Morgan fingerprint density at radius 2 is 1.75 bits per heavy atom. The smallest absolute Gasteiger partial charge is 0.279 e. The van der Waals surface area contributed by atoms with Crippen molar-refractivity contribution in [3.63, 3.8) is 0 Å². The summed E-state index contributed by atoms with van der Waals surface area (Å²) in [5.41, 5.74) is 2.64. The summed E-state index contributed by atoms with van der Waals surface area (Å²) in [4.78, 5) is 13.7. The van der Waals surface area contributed by atoms with Gasteiger partial charge < -0.3 is 10.2 Å². The second-order valence-corrected chi connectivity index (χ2v) is 9.50. The molecular weight excluding hydrogens is 398 g/mol. The van der Waals surface area contributed by atoms with Gasteiger partial charge in [-0.25, -0.2) is 8.42 Å². The van der Waals surface area contributed by atoms with Gasteiger partial charge in [0.15, 0.2) is 6.54 Å². The van der Waals surface area contributed by atoms with Gasteiger partial charge in [0.2, 0.25) is 10.0 Å². The summed E-state index contributed by atoms with van der Waals surface area (Å²) in [6.45, 7) is 6.10. The van der Waals surface area contributed by atoms with Crippen molar-refractivity contribution in [2.24, 2.45) is 0 Å². The average molecular weight is 423 g/mol. The Balaban J connectivity index is 1.54. The highest BCUT2D eigenvalue weighted by atomic mass is 35.5. The molecule has 150 valence electrons. The Kier molecular flexibility index (Phi) is 6.40. The lowest BCUT2D eigenvalue weighted by atomic mass is 10.2. The zero-order chi connectivity index (χ0) is 20.3. The molecular formula is C20H25ClN3O3S+. The number of piperazine rings is 1. The van der Waals surface area contributed by atoms with Gasteiger partial charge in [0.1, 0.15) is 0 Å². The van der Waals surface area contributed by atoms with Crippen LogP contribution in [0.1, 0.15) is 11.1 Å². The number of halogens is 1. The lowest BCUT2D eigenvalue weighted by molar-refractivity contribution is -0.895. The minimum Gasteiger partial charge on any atom is -0.325 e. The van der Waals surface area contributed by atoms with Gasteiger partial charge in [0.05, 0.1) is 31.1 Å². The number of benzene rings is 2. The van der Waals surface area contributed by atoms with E-state index in [-0.39, 0.29) is 5.91 Å². The molecule has 1 aliphatic rings. The highest BCUT2D eigenvalue weighted by Crippen LogP contribution is 2.20. The van der Waals surface area contributed by atoms with E-state index in [1.54, 1.807) is 30.3 Å². The molecule has 1 aliphatic heterocycles. The number of hydrogen-bond donors (Lipinski definition) is 2. The van der Waals surface area contributed by atoms with Crippen LogP contribution >= 0.6 is 11.6 Å². The van der Waals surface area contributed by atoms with Gasteiger partial charge in [0, 0.05) is 10.7 Å². The van der Waals surface area contributed by atoms with E-state index in [2.05, 4.69) is 5.32 Å². The Labute approximate surface area is 171 Å². The Hall–Kier alpha value is -1.93. The number of nitrogens with one attached hydrogen (secondary N) is 2. The van der Waals surface area contributed by atoms with Crippen molar-refractivity contribution in [1.29, 1.82) is 0 Å². The van der Waals surface area contributed by atoms with E-state index in [0.717, 1.165) is 16.0 Å². The first kappa shape index (κ1) is 20.8. The fourth-order valence-corrected chi connectivity index (χ4v) is 4.80. The highest BCUT2D eigenvalue weighted by molar-refractivity contribution is 7.89. The molecule has 2 aromatic rings. The number of aryl methyl sites for hydroxylation is 2. The van der Waals surface area contributed by atoms with Gasteiger partial charge in [-0.1, -0.05) is 35.4 Å². The summed E-state index contributed by atoms with van der Waals surface area (Å²) in [6, 6.07) is 12.3. The van der Waals surface area contributed by atoms with E-state index in [1.165, 1.54) is 4.31 Å². The van der Waals surface area contributed by atoms with Crippen molar-refractivity contribution in [1.82, 2.24) is 4.31 Å². The van der Waals surface area contributed by atoms with Gasteiger partial charge in [-0.3, -0.25) is 4.79 Å². The van der Waals surface area contributed by atoms with Gasteiger partial charge >= 0.3 is 0 Å². The van der Waals surface area contributed by atoms with E-state index in [0.29, 0.717) is 48.3 Å². The molecule has 1 fully saturated rings. The molecule has 2 N–H and O–H groups in total. The van der Waals surface area contributed by atoms with Crippen molar-refractivity contribution >= 4 is 33.2 Å². The number of carbonyl (C=O) groups is 1. The Morgan fingerprint density at radius 3 is 2.36 bits per heavy atom. The largest absolute Gasteiger partial charge is 0.325 e. The summed E-state index contributed by atoms with van der Waals surface area (Å²) in [5, 5.41) is 3.46. The molecule has 0 saturated carbocycles. The van der Waals surface area contributed by atoms with Crippen molar-refractivity contribution in [3.05, 3.63) is 58.6 Å². The first-order valence-electron chi connectivity index (χ1n) is 9.22. The third-order valence-electron chi connectivity index (χ3n) is 4.95. The molecule has 0 atom stereocenters. The highest BCUT2D eigenvalue weighted by Gasteiger charge is 2.31. The SMILES string of the molecule is Cc1ccc(S(=O)(=O)N2CC[NH+](CC(=O)Nc3ccc(C)c(Cl)c3)CC2)cc1. The van der Waals surface area contributed by atoms with Crippen LogP contribution in [-0.2, 0) is 14.8 Å². The van der Waals surface area contributed by atoms with Gasteiger partial charge in [-0.2, -0.15) is 4.31 Å². The van der Waals surface area contributed by atoms with Crippen LogP contribution < -0.4 is 10.2 Å². The van der Waals surface area contributed by atoms with Crippen LogP contribution in [0.3, 0.4) is 0 Å². The summed E-state index contributed by atoms with van der Waals surface area (Å²) in [6.07, 6.45) is 0. The summed E-state index contributed by atoms with van der Waals surface area (Å²) in [7, 11) is -3.48. The molecule has 1 amide bonds. The predicted octanol–water partition coefficient (Wildman–Crippen LogP) is 1.48. The zero-order valence-corrected chi connectivity index (χ0v) is 17.6. The number of sulfonamides is 1. The van der Waals surface area contributed by atoms with E-state index in [1.807, 2.05) is 26.0 Å². The number of rotatable bonds is 5. The predicted molar refractivity (Wildman–Crippen MR) is 110 cm³/mol. The number of carbonyl (C=O) groups excluding carboxylic acids is 1. The van der Waals surface area contributed by atoms with Crippen LogP contribution in [-0.4, -0.2) is 51.4 Å². The van der Waals surface area contributed by atoms with Crippen molar-refractivity contribution in [3.8, 4) is 0 Å². The van der Waals surface area contributed by atoms with Gasteiger partial charge in [-0.05, 0) is 43.7 Å². The lowest BCUT2D eigenvalue weighted by Gasteiger charge is -2.31. The molecule has 1 heterocycles. The number of hydrogen-bond acceptors (Lipinski definition) is 3. The van der Waals surface area contributed by atoms with Crippen LogP contribution in [0, 0.1) is 13.8 Å². The van der Waals surface area contributed by atoms with Crippen LogP contribution in [0.2, 0.25) is 5.02 Å². The molecule has 0 aliphatic carbocycles. The number of quaternary nitrogens is 1. The minimum absolute atomic E-state index is 0.107. The topological polar surface area (TPSA) is 70.9 Å². The molecule has 6 nitrogen and oxygen atoms in total. The molecule has 1 saturated heterocycles. The maximum Gasteiger partial charge on any atom is 0.279 e. The summed E-state index contributed by atoms with van der Waals surface area (Å²) < 4.78 is 27.0. The monoisotopic (exact) mass is 422 g/mol. The second kappa shape index (κ2) is 8.61. The minimum atomic E-state index is -3.48. The van der Waals surface area contributed by atoms with Crippen LogP contribution in [0.5, 0.6) is 0 Å². The van der Waals surface area contributed by atoms with E-state index < -0.39 is 10.0 Å². The third-order valence-corrected chi connectivity index (χ3v) is 7.27. The molecule has 28 heavy (non-hydrogen) atoms. The normalized spacial score (nSPS) is 16.1. The molecule has 0 bridgehead atoms. The van der Waals surface area contributed by atoms with Crippen molar-refractivity contribution < 1.29 is 18.1 Å². The van der Waals surface area contributed by atoms with E-state index in [9.17, 15) is 13.2 Å². The molecule has 0 unspecified atom stereocenters. The van der Waals surface area contributed by atoms with E-state index in [4.69, 9.17) is 11.6 Å². The quantitative estimate of drug-likeness (QED) is 0.766. The maximum absolute atomic E-state index is 12.8. The van der Waals surface area contributed by atoms with Crippen LogP contribution in [0.25, 0.3) is 0 Å². The standard InChI is InChI=1S/C20H24ClN3O3S/c1-15-3-7-18(8-4-15)28(26,27)24-11-9-23(10-12-24)14-20(25)22-17-6-5-16(2)19(21)13-17/h3-8,13H,9-12,14H2,1-2H3,(H,22,25)/p+1. The fourth-order valence-electron chi connectivity index (χ4n) is 3.18. The van der Waals surface area contributed by atoms with Crippen LogP contribution in [0.15, 0.2) is 47.4 Å². The Bertz CT molecular complexity index is 953. The molecule has 0 spiro atoms. The molecule has 2 aromatic carbocycles. The third kappa shape index (κ3) is 4.91. The number of amides is 1. The second-order valence-electron chi connectivity index (χ2n) is 7.16. The molecule has 8 heteroatoms. The van der Waals surface area contributed by atoms with Crippen LogP contribution in [0.4, 0.5) is 5.69 Å². The fraction of sp³-hybridized carbons (Fsp3) is 0.350. The molecule has 3 rings (SSSR count). The number of anilines is 1. The summed E-state index contributed by atoms with van der Waals surface area (Å²) in [5.74, 6) is -0.107. The molecule has 0 radical (unpaired) electrons. The first-order valence-corrected chi connectivity index (χ1v) is 11.0. The number of nitrogens with zero attached hydrogens (tertiary/aromatic N) is 1. The zero-order valence-electron chi connectivity index (χ0n) is 16.0. The van der Waals surface area contributed by atoms with Gasteiger partial charge in [0.25, 0.3) is 5.91 Å². The van der Waals surface area contributed by atoms with Crippen molar-refractivity contribution in [2.75, 3.05) is 38.0 Å². The van der Waals surface area contributed by atoms with E-state index >= 15 is 0 Å². The average Bonchev–Trinajstić information content (AvgIpc) is 2.65.